The molecular formula is C7H10O2. The third kappa shape index (κ3) is 1.12. The van der Waals surface area contributed by atoms with Gasteiger partial charge in [-0.1, -0.05) is 12.2 Å². The van der Waals surface area contributed by atoms with Crippen LogP contribution in [0.4, 0.5) is 0 Å². The van der Waals surface area contributed by atoms with Crippen LogP contribution in [0.15, 0.2) is 12.2 Å². The smallest absolute Gasteiger partial charge is 0.307 e. The Morgan fingerprint density at radius 1 is 1.67 bits per heavy atom. The van der Waals surface area contributed by atoms with Crippen molar-refractivity contribution in [3.8, 4) is 0 Å². The van der Waals surface area contributed by atoms with Crippen molar-refractivity contribution in [2.45, 2.75) is 13.3 Å². The van der Waals surface area contributed by atoms with Crippen molar-refractivity contribution in [1.82, 2.24) is 0 Å². The Bertz CT molecular complexity index is 142. The minimum atomic E-state index is -0.678. The van der Waals surface area contributed by atoms with Crippen molar-refractivity contribution < 1.29 is 9.90 Å². The molecule has 0 bridgehead atoms. The van der Waals surface area contributed by atoms with E-state index in [4.69, 9.17) is 5.11 Å². The Labute approximate surface area is 54.2 Å². The number of carboxylic acid groups (broad SMARTS) is 1. The van der Waals surface area contributed by atoms with E-state index in [0.29, 0.717) is 0 Å². The number of carbonyl (C=O) groups is 1. The summed E-state index contributed by atoms with van der Waals surface area (Å²) in [4.78, 5) is 10.2. The molecular weight excluding hydrogens is 116 g/mol. The molecule has 1 N–H and O–H groups in total. The van der Waals surface area contributed by atoms with Gasteiger partial charge in [0.05, 0.1) is 5.92 Å². The average Bonchev–Trinajstić information content (AvgIpc) is 2.39. The molecule has 2 nitrogen and oxygen atoms in total. The van der Waals surface area contributed by atoms with Gasteiger partial charge in [0.2, 0.25) is 0 Å². The molecule has 2 atom stereocenters. The van der Waals surface area contributed by atoms with E-state index in [9.17, 15) is 4.79 Å². The molecule has 0 heterocycles. The van der Waals surface area contributed by atoms with Crippen LogP contribution >= 0.6 is 0 Å². The van der Waals surface area contributed by atoms with Gasteiger partial charge in [-0.3, -0.25) is 4.79 Å². The van der Waals surface area contributed by atoms with Gasteiger partial charge in [-0.15, -0.1) is 0 Å². The second kappa shape index (κ2) is 1.87. The summed E-state index contributed by atoms with van der Waals surface area (Å²) in [5.74, 6) is -0.534. The van der Waals surface area contributed by atoms with Crippen LogP contribution in [-0.2, 0) is 4.79 Å². The van der Waals surface area contributed by atoms with Crippen molar-refractivity contribution in [3.63, 3.8) is 0 Å². The van der Waals surface area contributed by atoms with Crippen LogP contribution in [0.1, 0.15) is 13.3 Å². The van der Waals surface area contributed by atoms with Crippen molar-refractivity contribution in [1.29, 1.82) is 0 Å². The van der Waals surface area contributed by atoms with Crippen LogP contribution in [0.25, 0.3) is 0 Å². The van der Waals surface area contributed by atoms with E-state index in [2.05, 4.69) is 6.58 Å². The summed E-state index contributed by atoms with van der Waals surface area (Å²) in [6.07, 6.45) is 0.796. The van der Waals surface area contributed by atoms with Crippen LogP contribution in [0, 0.1) is 11.8 Å². The number of aliphatic carboxylic acids is 1. The quantitative estimate of drug-likeness (QED) is 0.566. The maximum atomic E-state index is 10.2. The molecule has 0 amide bonds. The first kappa shape index (κ1) is 6.33. The molecule has 0 aromatic heterocycles. The average molecular weight is 126 g/mol. The maximum absolute atomic E-state index is 10.2. The second-order valence-corrected chi connectivity index (χ2v) is 2.63. The SMILES string of the molecule is C=C(C)C1CC1C(=O)O. The first-order chi connectivity index (χ1) is 4.13. The van der Waals surface area contributed by atoms with Crippen molar-refractivity contribution in [2.75, 3.05) is 0 Å². The Kier molecular flexibility index (Phi) is 1.31. The van der Waals surface area contributed by atoms with Gasteiger partial charge in [-0.2, -0.15) is 0 Å². The lowest BCUT2D eigenvalue weighted by molar-refractivity contribution is -0.138. The topological polar surface area (TPSA) is 37.3 Å². The van der Waals surface area contributed by atoms with Gasteiger partial charge in [0.15, 0.2) is 0 Å². The largest absolute Gasteiger partial charge is 0.481 e. The number of hydrogen-bond acceptors (Lipinski definition) is 1. The molecule has 0 aromatic rings. The zero-order valence-electron chi connectivity index (χ0n) is 5.42. The lowest BCUT2D eigenvalue weighted by atomic mass is 10.2. The highest BCUT2D eigenvalue weighted by atomic mass is 16.4. The van der Waals surface area contributed by atoms with Crippen LogP contribution < -0.4 is 0 Å². The zero-order valence-corrected chi connectivity index (χ0v) is 5.42. The highest BCUT2D eigenvalue weighted by Crippen LogP contribution is 2.43. The van der Waals surface area contributed by atoms with E-state index in [1.807, 2.05) is 6.92 Å². The van der Waals surface area contributed by atoms with E-state index in [0.717, 1.165) is 12.0 Å². The summed E-state index contributed by atoms with van der Waals surface area (Å²) < 4.78 is 0. The molecule has 1 aliphatic carbocycles. The van der Waals surface area contributed by atoms with Crippen molar-refractivity contribution in [3.05, 3.63) is 12.2 Å². The molecule has 0 radical (unpaired) electrons. The van der Waals surface area contributed by atoms with E-state index >= 15 is 0 Å². The molecule has 0 saturated heterocycles. The van der Waals surface area contributed by atoms with Crippen LogP contribution in [-0.4, -0.2) is 11.1 Å². The predicted octanol–water partition coefficient (Wildman–Crippen LogP) is 1.28. The van der Waals surface area contributed by atoms with E-state index < -0.39 is 5.97 Å². The van der Waals surface area contributed by atoms with E-state index in [1.54, 1.807) is 0 Å². The molecule has 9 heavy (non-hydrogen) atoms. The summed E-state index contributed by atoms with van der Waals surface area (Å²) in [5, 5.41) is 8.43. The van der Waals surface area contributed by atoms with Crippen LogP contribution in [0.5, 0.6) is 0 Å². The van der Waals surface area contributed by atoms with Gasteiger partial charge in [0.1, 0.15) is 0 Å². The number of carboxylic acids is 1. The molecule has 1 saturated carbocycles. The normalized spacial score (nSPS) is 31.7. The van der Waals surface area contributed by atoms with Crippen LogP contribution in [0.3, 0.4) is 0 Å². The molecule has 1 fully saturated rings. The highest BCUT2D eigenvalue weighted by Gasteiger charge is 2.43. The summed E-state index contributed by atoms with van der Waals surface area (Å²) in [6, 6.07) is 0. The molecule has 1 aliphatic rings. The van der Waals surface area contributed by atoms with Crippen LogP contribution in [0.2, 0.25) is 0 Å². The van der Waals surface area contributed by atoms with E-state index in [-0.39, 0.29) is 11.8 Å². The fourth-order valence-corrected chi connectivity index (χ4v) is 1.01. The summed E-state index contributed by atoms with van der Waals surface area (Å²) in [5.41, 5.74) is 1.00. The number of hydrogen-bond donors (Lipinski definition) is 1. The van der Waals surface area contributed by atoms with Gasteiger partial charge < -0.3 is 5.11 Å². The van der Waals surface area contributed by atoms with Gasteiger partial charge in [0, 0.05) is 0 Å². The summed E-state index contributed by atoms with van der Waals surface area (Å²) in [6.45, 7) is 5.57. The lowest BCUT2D eigenvalue weighted by Gasteiger charge is -1.90. The minimum absolute atomic E-state index is 0.123. The maximum Gasteiger partial charge on any atom is 0.307 e. The first-order valence-corrected chi connectivity index (χ1v) is 3.01. The molecule has 0 aromatic carbocycles. The zero-order chi connectivity index (χ0) is 7.02. The van der Waals surface area contributed by atoms with Gasteiger partial charge in [0.25, 0.3) is 0 Å². The van der Waals surface area contributed by atoms with Crippen molar-refractivity contribution >= 4 is 5.97 Å². The molecule has 0 aliphatic heterocycles. The lowest BCUT2D eigenvalue weighted by Crippen LogP contribution is -1.99. The van der Waals surface area contributed by atoms with Gasteiger partial charge in [-0.05, 0) is 19.3 Å². The third-order valence-electron chi connectivity index (χ3n) is 1.74. The molecule has 50 valence electrons. The van der Waals surface area contributed by atoms with Gasteiger partial charge >= 0.3 is 5.97 Å². The minimum Gasteiger partial charge on any atom is -0.481 e. The first-order valence-electron chi connectivity index (χ1n) is 3.01. The van der Waals surface area contributed by atoms with E-state index in [1.165, 1.54) is 0 Å². The summed E-state index contributed by atoms with van der Waals surface area (Å²) >= 11 is 0. The third-order valence-corrected chi connectivity index (χ3v) is 1.74. The predicted molar refractivity (Wildman–Crippen MR) is 34.0 cm³/mol. The fourth-order valence-electron chi connectivity index (χ4n) is 1.01. The highest BCUT2D eigenvalue weighted by molar-refractivity contribution is 5.74. The molecule has 2 heteroatoms. The summed E-state index contributed by atoms with van der Waals surface area (Å²) in [7, 11) is 0. The Balaban J connectivity index is 2.42. The fraction of sp³-hybridized carbons (Fsp3) is 0.571. The number of rotatable bonds is 2. The van der Waals surface area contributed by atoms with Gasteiger partial charge in [-0.25, -0.2) is 0 Å². The molecule has 0 spiro atoms. The Hall–Kier alpha value is -0.790. The number of allylic oxidation sites excluding steroid dienone is 1. The monoisotopic (exact) mass is 126 g/mol. The second-order valence-electron chi connectivity index (χ2n) is 2.63. The van der Waals surface area contributed by atoms with Crippen molar-refractivity contribution in [2.24, 2.45) is 11.8 Å². The Morgan fingerprint density at radius 2 is 2.22 bits per heavy atom. The Morgan fingerprint density at radius 3 is 2.33 bits per heavy atom. The standard InChI is InChI=1S/C7H10O2/c1-4(2)5-3-6(5)7(8)9/h5-6H,1,3H2,2H3,(H,8,9). The molecule has 1 rings (SSSR count). The molecule has 2 unspecified atom stereocenters.